The Labute approximate surface area is 147 Å². The Balaban J connectivity index is 1.78. The number of likely N-dealkylation sites (N-methyl/N-ethyl adjacent to an activating group) is 1. The lowest BCUT2D eigenvalue weighted by Crippen LogP contribution is -2.30. The molecular formula is C17H16BrNO3S. The lowest BCUT2D eigenvalue weighted by molar-refractivity contribution is -0.147. The van der Waals surface area contributed by atoms with Crippen LogP contribution in [-0.2, 0) is 20.9 Å². The third kappa shape index (κ3) is 6.00. The molecule has 0 aliphatic carbocycles. The van der Waals surface area contributed by atoms with Gasteiger partial charge in [0.2, 0.25) is 0 Å². The molecule has 23 heavy (non-hydrogen) atoms. The summed E-state index contributed by atoms with van der Waals surface area (Å²) in [6.45, 7) is 0.246. The molecule has 0 saturated carbocycles. The molecule has 0 saturated heterocycles. The second-order valence-corrected chi connectivity index (χ2v) is 6.57. The van der Waals surface area contributed by atoms with Gasteiger partial charge in [0, 0.05) is 24.1 Å². The van der Waals surface area contributed by atoms with Gasteiger partial charge in [0.05, 0.1) is 0 Å². The van der Waals surface area contributed by atoms with Crippen molar-refractivity contribution in [1.29, 1.82) is 0 Å². The molecule has 2 aromatic rings. The van der Waals surface area contributed by atoms with E-state index in [1.165, 1.54) is 11.0 Å². The van der Waals surface area contributed by atoms with Gasteiger partial charge in [-0.1, -0.05) is 28.1 Å². The zero-order valence-electron chi connectivity index (χ0n) is 12.6. The van der Waals surface area contributed by atoms with Gasteiger partial charge in [0.25, 0.3) is 5.91 Å². The minimum atomic E-state index is -0.540. The molecule has 0 bridgehead atoms. The Morgan fingerprint density at radius 2 is 2.17 bits per heavy atom. The SMILES string of the molecule is CN(Cc1ccsc1)C(=O)COC(=O)/C=C/c1cccc(Br)c1. The fraction of sp³-hybridized carbons (Fsp3) is 0.176. The maximum absolute atomic E-state index is 11.9. The van der Waals surface area contributed by atoms with Crippen LogP contribution >= 0.6 is 27.3 Å². The van der Waals surface area contributed by atoms with Crippen LogP contribution < -0.4 is 0 Å². The van der Waals surface area contributed by atoms with Gasteiger partial charge in [-0.15, -0.1) is 0 Å². The molecule has 6 heteroatoms. The molecule has 0 spiro atoms. The minimum Gasteiger partial charge on any atom is -0.452 e. The van der Waals surface area contributed by atoms with E-state index in [1.54, 1.807) is 24.5 Å². The summed E-state index contributed by atoms with van der Waals surface area (Å²) in [6, 6.07) is 9.48. The molecule has 0 atom stereocenters. The number of esters is 1. The molecule has 4 nitrogen and oxygen atoms in total. The van der Waals surface area contributed by atoms with Crippen molar-refractivity contribution in [3.05, 3.63) is 62.8 Å². The molecule has 0 N–H and O–H groups in total. The minimum absolute atomic E-state index is 0.236. The van der Waals surface area contributed by atoms with Crippen molar-refractivity contribution in [2.75, 3.05) is 13.7 Å². The summed E-state index contributed by atoms with van der Waals surface area (Å²) in [7, 11) is 1.69. The van der Waals surface area contributed by atoms with Crippen molar-refractivity contribution < 1.29 is 14.3 Å². The molecule has 0 unspecified atom stereocenters. The number of amides is 1. The topological polar surface area (TPSA) is 46.6 Å². The van der Waals surface area contributed by atoms with Crippen molar-refractivity contribution in [2.24, 2.45) is 0 Å². The highest BCUT2D eigenvalue weighted by molar-refractivity contribution is 9.10. The first kappa shape index (κ1) is 17.4. The molecule has 1 amide bonds. The third-order valence-corrected chi connectivity index (χ3v) is 4.25. The van der Waals surface area contributed by atoms with Crippen molar-refractivity contribution in [2.45, 2.75) is 6.54 Å². The quantitative estimate of drug-likeness (QED) is 0.554. The second kappa shape index (κ2) is 8.64. The van der Waals surface area contributed by atoms with Gasteiger partial charge in [-0.05, 0) is 46.2 Å². The zero-order valence-corrected chi connectivity index (χ0v) is 15.0. The number of carbonyl (C=O) groups is 2. The maximum atomic E-state index is 11.9. The first-order valence-corrected chi connectivity index (χ1v) is 8.63. The summed E-state index contributed by atoms with van der Waals surface area (Å²) in [4.78, 5) is 25.1. The summed E-state index contributed by atoms with van der Waals surface area (Å²) >= 11 is 4.94. The molecule has 1 aromatic carbocycles. The summed E-state index contributed by atoms with van der Waals surface area (Å²) in [5.74, 6) is -0.775. The molecule has 1 aromatic heterocycles. The largest absolute Gasteiger partial charge is 0.452 e. The fourth-order valence-electron chi connectivity index (χ4n) is 1.81. The highest BCUT2D eigenvalue weighted by Crippen LogP contribution is 2.12. The van der Waals surface area contributed by atoms with E-state index in [-0.39, 0.29) is 12.5 Å². The van der Waals surface area contributed by atoms with Gasteiger partial charge in [-0.2, -0.15) is 11.3 Å². The van der Waals surface area contributed by atoms with E-state index < -0.39 is 5.97 Å². The van der Waals surface area contributed by atoms with Gasteiger partial charge in [0.1, 0.15) is 0 Å². The third-order valence-electron chi connectivity index (χ3n) is 3.02. The van der Waals surface area contributed by atoms with Crippen molar-refractivity contribution in [3.8, 4) is 0 Å². The van der Waals surface area contributed by atoms with E-state index in [0.717, 1.165) is 15.6 Å². The summed E-state index contributed by atoms with van der Waals surface area (Å²) < 4.78 is 5.90. The van der Waals surface area contributed by atoms with Gasteiger partial charge in [-0.25, -0.2) is 4.79 Å². The van der Waals surface area contributed by atoms with Crippen LogP contribution in [0.15, 0.2) is 51.6 Å². The number of rotatable bonds is 6. The predicted octanol–water partition coefficient (Wildman–Crippen LogP) is 3.73. The van der Waals surface area contributed by atoms with Crippen LogP contribution in [0.4, 0.5) is 0 Å². The van der Waals surface area contributed by atoms with E-state index in [2.05, 4.69) is 15.9 Å². The second-order valence-electron chi connectivity index (χ2n) is 4.88. The number of halogens is 1. The Morgan fingerprint density at radius 1 is 1.35 bits per heavy atom. The number of hydrogen-bond acceptors (Lipinski definition) is 4. The summed E-state index contributed by atoms with van der Waals surface area (Å²) in [5.41, 5.74) is 1.93. The van der Waals surface area contributed by atoms with Gasteiger partial charge in [0.15, 0.2) is 6.61 Å². The van der Waals surface area contributed by atoms with Crippen LogP contribution in [0.5, 0.6) is 0 Å². The lowest BCUT2D eigenvalue weighted by atomic mass is 10.2. The van der Waals surface area contributed by atoms with E-state index in [4.69, 9.17) is 4.74 Å². The van der Waals surface area contributed by atoms with E-state index in [1.807, 2.05) is 41.1 Å². The zero-order chi connectivity index (χ0) is 16.7. The molecule has 1 heterocycles. The Morgan fingerprint density at radius 3 is 2.87 bits per heavy atom. The van der Waals surface area contributed by atoms with E-state index in [9.17, 15) is 9.59 Å². The van der Waals surface area contributed by atoms with Crippen LogP contribution in [0.25, 0.3) is 6.08 Å². The fourth-order valence-corrected chi connectivity index (χ4v) is 2.89. The maximum Gasteiger partial charge on any atom is 0.331 e. The van der Waals surface area contributed by atoms with Gasteiger partial charge < -0.3 is 9.64 Å². The van der Waals surface area contributed by atoms with Crippen LogP contribution in [0.1, 0.15) is 11.1 Å². The van der Waals surface area contributed by atoms with E-state index in [0.29, 0.717) is 6.54 Å². The standard InChI is InChI=1S/C17H16BrNO3S/c1-19(10-14-7-8-23-12-14)16(20)11-22-17(21)6-5-13-3-2-4-15(18)9-13/h2-9,12H,10-11H2,1H3/b6-5+. The number of ether oxygens (including phenoxy) is 1. The summed E-state index contributed by atoms with van der Waals surface area (Å²) in [6.07, 6.45) is 2.96. The molecule has 120 valence electrons. The average molecular weight is 394 g/mol. The van der Waals surface area contributed by atoms with Crippen molar-refractivity contribution >= 4 is 45.2 Å². The van der Waals surface area contributed by atoms with Crippen LogP contribution in [0.3, 0.4) is 0 Å². The average Bonchev–Trinajstić information content (AvgIpc) is 3.03. The lowest BCUT2D eigenvalue weighted by Gasteiger charge is -2.15. The molecule has 0 fully saturated rings. The van der Waals surface area contributed by atoms with Crippen LogP contribution in [0.2, 0.25) is 0 Å². The highest BCUT2D eigenvalue weighted by atomic mass is 79.9. The van der Waals surface area contributed by atoms with Crippen LogP contribution in [0, 0.1) is 0 Å². The molecule has 2 rings (SSSR count). The summed E-state index contributed by atoms with van der Waals surface area (Å²) in [5, 5.41) is 3.94. The van der Waals surface area contributed by atoms with Gasteiger partial charge in [-0.3, -0.25) is 4.79 Å². The number of thiophene rings is 1. The number of carbonyl (C=O) groups excluding carboxylic acids is 2. The van der Waals surface area contributed by atoms with E-state index >= 15 is 0 Å². The molecule has 0 aliphatic rings. The highest BCUT2D eigenvalue weighted by Gasteiger charge is 2.11. The van der Waals surface area contributed by atoms with Gasteiger partial charge >= 0.3 is 5.97 Å². The molecular weight excluding hydrogens is 378 g/mol. The molecule has 0 aliphatic heterocycles. The van der Waals surface area contributed by atoms with Crippen LogP contribution in [-0.4, -0.2) is 30.4 Å². The number of benzene rings is 1. The Hall–Kier alpha value is -1.92. The first-order valence-electron chi connectivity index (χ1n) is 6.90. The number of nitrogens with zero attached hydrogens (tertiary/aromatic N) is 1. The predicted molar refractivity (Wildman–Crippen MR) is 94.9 cm³/mol. The van der Waals surface area contributed by atoms with Crippen molar-refractivity contribution in [1.82, 2.24) is 4.90 Å². The smallest absolute Gasteiger partial charge is 0.331 e. The first-order chi connectivity index (χ1) is 11.0. The monoisotopic (exact) mass is 393 g/mol. The molecule has 0 radical (unpaired) electrons. The van der Waals surface area contributed by atoms with Crippen molar-refractivity contribution in [3.63, 3.8) is 0 Å². The Kier molecular flexibility index (Phi) is 6.55. The normalized spacial score (nSPS) is 10.7. The Bertz CT molecular complexity index is 698. The number of hydrogen-bond donors (Lipinski definition) is 0.